The van der Waals surface area contributed by atoms with Gasteiger partial charge in [0.15, 0.2) is 0 Å². The van der Waals surface area contributed by atoms with Gasteiger partial charge in [0.1, 0.15) is 6.54 Å². The van der Waals surface area contributed by atoms with Gasteiger partial charge in [-0.25, -0.2) is 8.42 Å². The number of sulfonamides is 1. The molecule has 176 valence electrons. The molecule has 1 unspecified atom stereocenters. The van der Waals surface area contributed by atoms with Gasteiger partial charge in [0.05, 0.1) is 10.6 Å². The molecular weight excluding hydrogens is 458 g/mol. The molecule has 2 aliphatic heterocycles. The predicted molar refractivity (Wildman–Crippen MR) is 131 cm³/mol. The van der Waals surface area contributed by atoms with Gasteiger partial charge in [-0.05, 0) is 49.1 Å². The second-order valence-electron chi connectivity index (χ2n) is 8.74. The van der Waals surface area contributed by atoms with Crippen LogP contribution >= 0.6 is 11.8 Å². The minimum Gasteiger partial charge on any atom is -0.325 e. The van der Waals surface area contributed by atoms with Crippen molar-refractivity contribution in [2.75, 3.05) is 29.9 Å². The number of thioether (sulfide) groups is 1. The van der Waals surface area contributed by atoms with E-state index in [4.69, 9.17) is 0 Å². The third kappa shape index (κ3) is 5.42. The molecule has 2 heterocycles. The Morgan fingerprint density at radius 1 is 1.09 bits per heavy atom. The highest BCUT2D eigenvalue weighted by atomic mass is 32.2. The van der Waals surface area contributed by atoms with Crippen LogP contribution in [0.2, 0.25) is 0 Å². The Morgan fingerprint density at radius 3 is 2.48 bits per heavy atom. The molecule has 0 saturated carbocycles. The number of nitrogens with zero attached hydrogens (tertiary/aromatic N) is 2. The maximum absolute atomic E-state index is 13.3. The first-order valence-electron chi connectivity index (χ1n) is 11.2. The fraction of sp³-hybridized carbons (Fsp3) is 0.417. The Labute approximate surface area is 199 Å². The van der Waals surface area contributed by atoms with Gasteiger partial charge < -0.3 is 10.2 Å². The molecule has 4 rings (SSSR count). The number of nitrogens with one attached hydrogen (secondary N) is 1. The van der Waals surface area contributed by atoms with Gasteiger partial charge in [0.25, 0.3) is 0 Å². The molecule has 1 fully saturated rings. The zero-order chi connectivity index (χ0) is 23.6. The fourth-order valence-electron chi connectivity index (χ4n) is 4.13. The summed E-state index contributed by atoms with van der Waals surface area (Å²) in [6, 6.07) is 14.0. The van der Waals surface area contributed by atoms with E-state index in [0.717, 1.165) is 17.7 Å². The zero-order valence-corrected chi connectivity index (χ0v) is 20.5. The van der Waals surface area contributed by atoms with E-state index in [1.807, 2.05) is 25.1 Å². The summed E-state index contributed by atoms with van der Waals surface area (Å²) in [7, 11) is -3.68. The largest absolute Gasteiger partial charge is 0.325 e. The van der Waals surface area contributed by atoms with E-state index in [1.54, 1.807) is 30.3 Å². The Kier molecular flexibility index (Phi) is 7.11. The van der Waals surface area contributed by atoms with Crippen molar-refractivity contribution in [1.82, 2.24) is 4.31 Å². The summed E-state index contributed by atoms with van der Waals surface area (Å²) in [6.07, 6.45) is 1.94. The molecule has 2 aromatic carbocycles. The van der Waals surface area contributed by atoms with Crippen molar-refractivity contribution < 1.29 is 18.0 Å². The van der Waals surface area contributed by atoms with E-state index >= 15 is 0 Å². The van der Waals surface area contributed by atoms with E-state index < -0.39 is 10.0 Å². The summed E-state index contributed by atoms with van der Waals surface area (Å²) in [5.41, 5.74) is 1.12. The molecule has 7 nitrogen and oxygen atoms in total. The third-order valence-corrected chi connectivity index (χ3v) is 9.11. The maximum Gasteiger partial charge on any atom is 0.244 e. The van der Waals surface area contributed by atoms with Crippen LogP contribution in [0.5, 0.6) is 0 Å². The van der Waals surface area contributed by atoms with E-state index in [-0.39, 0.29) is 34.9 Å². The second-order valence-corrected chi connectivity index (χ2v) is 12.2. The molecule has 0 spiro atoms. The summed E-state index contributed by atoms with van der Waals surface area (Å²) in [4.78, 5) is 28.2. The van der Waals surface area contributed by atoms with Crippen molar-refractivity contribution in [3.63, 3.8) is 0 Å². The first kappa shape index (κ1) is 23.8. The average Bonchev–Trinajstić information content (AvgIpc) is 2.89. The number of fused-ring (bicyclic) bond motifs is 1. The molecule has 33 heavy (non-hydrogen) atoms. The van der Waals surface area contributed by atoms with E-state index in [1.165, 1.54) is 21.0 Å². The van der Waals surface area contributed by atoms with Crippen molar-refractivity contribution >= 4 is 45.0 Å². The van der Waals surface area contributed by atoms with Crippen LogP contribution in [0.4, 0.5) is 11.4 Å². The topological polar surface area (TPSA) is 86.8 Å². The normalized spacial score (nSPS) is 20.2. The maximum atomic E-state index is 13.3. The lowest BCUT2D eigenvalue weighted by Crippen LogP contribution is -2.39. The Morgan fingerprint density at radius 2 is 1.79 bits per heavy atom. The first-order chi connectivity index (χ1) is 15.7. The molecule has 1 N–H and O–H groups in total. The number of hydrogen-bond acceptors (Lipinski definition) is 5. The number of para-hydroxylation sites is 1. The SMILES string of the molecule is CC1CCN(S(=O)(=O)c2ccc3c(c2)N(CC(=O)Nc2ccccc2)C(=O)CC(C)S3)CC1. The summed E-state index contributed by atoms with van der Waals surface area (Å²) >= 11 is 1.52. The first-order valence-corrected chi connectivity index (χ1v) is 13.5. The van der Waals surface area contributed by atoms with Crippen molar-refractivity contribution in [3.8, 4) is 0 Å². The summed E-state index contributed by atoms with van der Waals surface area (Å²) < 4.78 is 28.2. The lowest BCUT2D eigenvalue weighted by Gasteiger charge is -2.30. The van der Waals surface area contributed by atoms with Crippen molar-refractivity contribution in [1.29, 1.82) is 0 Å². The average molecular weight is 488 g/mol. The fourth-order valence-corrected chi connectivity index (χ4v) is 6.72. The number of anilines is 2. The smallest absolute Gasteiger partial charge is 0.244 e. The summed E-state index contributed by atoms with van der Waals surface area (Å²) in [5.74, 6) is -0.0192. The van der Waals surface area contributed by atoms with Crippen molar-refractivity contribution in [3.05, 3.63) is 48.5 Å². The molecule has 1 atom stereocenters. The number of rotatable bonds is 5. The standard InChI is InChI=1S/C24H29N3O4S2/c1-17-10-12-26(13-11-17)33(30,31)20-8-9-22-21(15-20)27(24(29)14-18(2)32-22)16-23(28)25-19-6-4-3-5-7-19/h3-9,15,17-18H,10-14,16H2,1-2H3,(H,25,28). The molecule has 0 radical (unpaired) electrons. The molecule has 0 aliphatic carbocycles. The van der Waals surface area contributed by atoms with Gasteiger partial charge in [0.2, 0.25) is 21.8 Å². The van der Waals surface area contributed by atoms with Crippen LogP contribution in [0, 0.1) is 5.92 Å². The van der Waals surface area contributed by atoms with Crippen molar-refractivity contribution in [2.45, 2.75) is 48.2 Å². The third-order valence-electron chi connectivity index (χ3n) is 6.05. The van der Waals surface area contributed by atoms with Gasteiger partial charge in [-0.1, -0.05) is 32.0 Å². The van der Waals surface area contributed by atoms with E-state index in [9.17, 15) is 18.0 Å². The molecule has 2 aliphatic rings. The molecule has 2 aromatic rings. The van der Waals surface area contributed by atoms with Crippen LogP contribution in [-0.2, 0) is 19.6 Å². The highest BCUT2D eigenvalue weighted by Gasteiger charge is 2.32. The summed E-state index contributed by atoms with van der Waals surface area (Å²) in [6.45, 7) is 4.90. The van der Waals surface area contributed by atoms with Crippen LogP contribution in [-0.4, -0.2) is 49.4 Å². The van der Waals surface area contributed by atoms with Gasteiger partial charge in [0, 0.05) is 35.3 Å². The monoisotopic (exact) mass is 487 g/mol. The molecule has 0 bridgehead atoms. The van der Waals surface area contributed by atoms with Gasteiger partial charge in [-0.15, -0.1) is 11.8 Å². The Balaban J connectivity index is 1.64. The molecule has 9 heteroatoms. The van der Waals surface area contributed by atoms with Crippen LogP contribution in [0.25, 0.3) is 0 Å². The molecule has 1 saturated heterocycles. The van der Waals surface area contributed by atoms with Crippen LogP contribution in [0.1, 0.15) is 33.1 Å². The van der Waals surface area contributed by atoms with E-state index in [0.29, 0.717) is 30.4 Å². The number of carbonyl (C=O) groups is 2. The number of benzene rings is 2. The highest BCUT2D eigenvalue weighted by molar-refractivity contribution is 8.00. The van der Waals surface area contributed by atoms with Crippen LogP contribution in [0.3, 0.4) is 0 Å². The quantitative estimate of drug-likeness (QED) is 0.690. The minimum absolute atomic E-state index is 0.0180. The lowest BCUT2D eigenvalue weighted by molar-refractivity contribution is -0.121. The molecular formula is C24H29N3O4S2. The van der Waals surface area contributed by atoms with Gasteiger partial charge >= 0.3 is 0 Å². The number of carbonyl (C=O) groups excluding carboxylic acids is 2. The van der Waals surface area contributed by atoms with Crippen molar-refractivity contribution in [2.24, 2.45) is 5.92 Å². The van der Waals surface area contributed by atoms with Gasteiger partial charge in [-0.3, -0.25) is 9.59 Å². The number of piperidine rings is 1. The second kappa shape index (κ2) is 9.87. The molecule has 2 amide bonds. The highest BCUT2D eigenvalue weighted by Crippen LogP contribution is 2.40. The number of amides is 2. The number of hydrogen-bond donors (Lipinski definition) is 1. The van der Waals surface area contributed by atoms with E-state index in [2.05, 4.69) is 12.2 Å². The summed E-state index contributed by atoms with van der Waals surface area (Å²) in [5, 5.41) is 2.82. The minimum atomic E-state index is -3.68. The Bertz CT molecular complexity index is 1130. The Hall–Kier alpha value is -2.36. The van der Waals surface area contributed by atoms with Crippen LogP contribution < -0.4 is 10.2 Å². The predicted octanol–water partition coefficient (Wildman–Crippen LogP) is 3.96. The van der Waals surface area contributed by atoms with Gasteiger partial charge in [-0.2, -0.15) is 4.31 Å². The lowest BCUT2D eigenvalue weighted by atomic mass is 10.0. The molecule has 0 aromatic heterocycles. The zero-order valence-electron chi connectivity index (χ0n) is 18.9. The van der Waals surface area contributed by atoms with Crippen LogP contribution in [0.15, 0.2) is 58.3 Å².